The molecular formula is C14H28N2O2. The molecule has 0 aromatic rings. The topological polar surface area (TPSA) is 41.6 Å². The monoisotopic (exact) mass is 256 g/mol. The Labute approximate surface area is 111 Å². The molecule has 0 radical (unpaired) electrons. The van der Waals surface area contributed by atoms with Gasteiger partial charge in [-0.3, -0.25) is 0 Å². The van der Waals surface area contributed by atoms with Crippen LogP contribution < -0.4 is 5.32 Å². The Morgan fingerprint density at radius 2 is 2.28 bits per heavy atom. The molecule has 0 spiro atoms. The Morgan fingerprint density at radius 1 is 1.50 bits per heavy atom. The molecule has 106 valence electrons. The lowest BCUT2D eigenvalue weighted by atomic mass is 10.2. The van der Waals surface area contributed by atoms with Gasteiger partial charge in [0.25, 0.3) is 0 Å². The van der Waals surface area contributed by atoms with Crippen LogP contribution in [0.1, 0.15) is 46.5 Å². The van der Waals surface area contributed by atoms with Crippen LogP contribution in [0.15, 0.2) is 0 Å². The molecule has 0 saturated carbocycles. The van der Waals surface area contributed by atoms with E-state index in [0.29, 0.717) is 18.6 Å². The summed E-state index contributed by atoms with van der Waals surface area (Å²) < 4.78 is 5.33. The third kappa shape index (κ3) is 5.71. The summed E-state index contributed by atoms with van der Waals surface area (Å²) in [5, 5.41) is 3.43. The second kappa shape index (κ2) is 8.35. The molecule has 1 aliphatic heterocycles. The van der Waals surface area contributed by atoms with Crippen LogP contribution in [0, 0.1) is 5.92 Å². The van der Waals surface area contributed by atoms with Crippen LogP contribution in [0.25, 0.3) is 0 Å². The summed E-state index contributed by atoms with van der Waals surface area (Å²) in [6.07, 6.45) is 4.38. The minimum Gasteiger partial charge on any atom is -0.449 e. The number of hydrogen-bond acceptors (Lipinski definition) is 3. The van der Waals surface area contributed by atoms with Crippen LogP contribution in [0.3, 0.4) is 0 Å². The molecule has 1 N–H and O–H groups in total. The number of nitrogens with zero attached hydrogens (tertiary/aromatic N) is 1. The smallest absolute Gasteiger partial charge is 0.409 e. The zero-order valence-corrected chi connectivity index (χ0v) is 12.1. The van der Waals surface area contributed by atoms with Crippen molar-refractivity contribution >= 4 is 6.09 Å². The Hall–Kier alpha value is -0.770. The highest BCUT2D eigenvalue weighted by atomic mass is 16.6. The molecule has 1 atom stereocenters. The second-order valence-corrected chi connectivity index (χ2v) is 5.56. The summed E-state index contributed by atoms with van der Waals surface area (Å²) in [4.78, 5) is 13.9. The Kier molecular flexibility index (Phi) is 7.09. The quantitative estimate of drug-likeness (QED) is 0.761. The predicted octanol–water partition coefficient (Wildman–Crippen LogP) is 2.63. The van der Waals surface area contributed by atoms with Crippen molar-refractivity contribution in [2.24, 2.45) is 5.92 Å². The van der Waals surface area contributed by atoms with Crippen molar-refractivity contribution in [2.45, 2.75) is 52.5 Å². The summed E-state index contributed by atoms with van der Waals surface area (Å²) >= 11 is 0. The number of ether oxygens (including phenoxy) is 1. The van der Waals surface area contributed by atoms with E-state index in [1.165, 1.54) is 12.8 Å². The molecule has 1 unspecified atom stereocenters. The SMILES string of the molecule is CCCCN(CC1CCCN1)C(=O)OCC(C)C. The molecule has 1 aliphatic rings. The van der Waals surface area contributed by atoms with E-state index in [0.717, 1.165) is 32.5 Å². The highest BCUT2D eigenvalue weighted by molar-refractivity contribution is 5.67. The molecular weight excluding hydrogens is 228 g/mol. The first kappa shape index (κ1) is 15.3. The summed E-state index contributed by atoms with van der Waals surface area (Å²) in [6.45, 7) is 9.45. The van der Waals surface area contributed by atoms with Crippen molar-refractivity contribution in [2.75, 3.05) is 26.2 Å². The van der Waals surface area contributed by atoms with Gasteiger partial charge in [-0.05, 0) is 31.7 Å². The normalized spacial score (nSPS) is 19.2. The van der Waals surface area contributed by atoms with Gasteiger partial charge in [-0.2, -0.15) is 0 Å². The van der Waals surface area contributed by atoms with E-state index < -0.39 is 0 Å². The summed E-state index contributed by atoms with van der Waals surface area (Å²) in [5.41, 5.74) is 0. The van der Waals surface area contributed by atoms with E-state index in [-0.39, 0.29) is 6.09 Å². The lowest BCUT2D eigenvalue weighted by molar-refractivity contribution is 0.0887. The molecule has 1 rings (SSSR count). The standard InChI is InChI=1S/C14H28N2O2/c1-4-5-9-16(10-13-7-6-8-15-13)14(17)18-11-12(2)3/h12-13,15H,4-11H2,1-3H3. The average Bonchev–Trinajstić information content (AvgIpc) is 2.84. The van der Waals surface area contributed by atoms with Gasteiger partial charge in [-0.1, -0.05) is 27.2 Å². The molecule has 4 heteroatoms. The fourth-order valence-corrected chi connectivity index (χ4v) is 2.11. The van der Waals surface area contributed by atoms with Gasteiger partial charge in [0.05, 0.1) is 6.61 Å². The lowest BCUT2D eigenvalue weighted by Gasteiger charge is -2.25. The van der Waals surface area contributed by atoms with Crippen LogP contribution in [0.4, 0.5) is 4.79 Å². The van der Waals surface area contributed by atoms with Crippen LogP contribution in [-0.2, 0) is 4.74 Å². The molecule has 0 aromatic carbocycles. The fraction of sp³-hybridized carbons (Fsp3) is 0.929. The van der Waals surface area contributed by atoms with Gasteiger partial charge in [0.15, 0.2) is 0 Å². The minimum absolute atomic E-state index is 0.147. The van der Waals surface area contributed by atoms with E-state index in [1.807, 2.05) is 4.90 Å². The van der Waals surface area contributed by atoms with E-state index in [9.17, 15) is 4.79 Å². The van der Waals surface area contributed by atoms with Gasteiger partial charge in [0, 0.05) is 19.1 Å². The Bertz CT molecular complexity index is 238. The van der Waals surface area contributed by atoms with Crippen LogP contribution >= 0.6 is 0 Å². The lowest BCUT2D eigenvalue weighted by Crippen LogP contribution is -2.42. The van der Waals surface area contributed by atoms with Crippen molar-refractivity contribution < 1.29 is 9.53 Å². The van der Waals surface area contributed by atoms with Crippen molar-refractivity contribution in [1.29, 1.82) is 0 Å². The first-order valence-electron chi connectivity index (χ1n) is 7.28. The number of amides is 1. The van der Waals surface area contributed by atoms with E-state index >= 15 is 0 Å². The summed E-state index contributed by atoms with van der Waals surface area (Å²) in [6, 6.07) is 0.452. The largest absolute Gasteiger partial charge is 0.449 e. The molecule has 4 nitrogen and oxygen atoms in total. The van der Waals surface area contributed by atoms with Gasteiger partial charge < -0.3 is 15.0 Å². The highest BCUT2D eigenvalue weighted by Gasteiger charge is 2.22. The van der Waals surface area contributed by atoms with Crippen molar-refractivity contribution in [1.82, 2.24) is 10.2 Å². The maximum absolute atomic E-state index is 12.0. The number of carbonyl (C=O) groups is 1. The number of unbranched alkanes of at least 4 members (excludes halogenated alkanes) is 1. The molecule has 1 heterocycles. The molecule has 0 aromatic heterocycles. The summed E-state index contributed by atoms with van der Waals surface area (Å²) in [7, 11) is 0. The van der Waals surface area contributed by atoms with Crippen LogP contribution in [0.2, 0.25) is 0 Å². The molecule has 0 aliphatic carbocycles. The first-order chi connectivity index (χ1) is 8.63. The number of carbonyl (C=O) groups excluding carboxylic acids is 1. The minimum atomic E-state index is -0.147. The fourth-order valence-electron chi connectivity index (χ4n) is 2.11. The Balaban J connectivity index is 2.39. The number of hydrogen-bond donors (Lipinski definition) is 1. The predicted molar refractivity (Wildman–Crippen MR) is 73.7 cm³/mol. The van der Waals surface area contributed by atoms with Gasteiger partial charge in [0.2, 0.25) is 0 Å². The van der Waals surface area contributed by atoms with Crippen LogP contribution in [-0.4, -0.2) is 43.3 Å². The van der Waals surface area contributed by atoms with Gasteiger partial charge in [0.1, 0.15) is 0 Å². The summed E-state index contributed by atoms with van der Waals surface area (Å²) in [5.74, 6) is 0.395. The maximum Gasteiger partial charge on any atom is 0.409 e. The molecule has 0 bridgehead atoms. The number of rotatable bonds is 7. The Morgan fingerprint density at radius 3 is 2.83 bits per heavy atom. The van der Waals surface area contributed by atoms with Crippen molar-refractivity contribution in [3.63, 3.8) is 0 Å². The second-order valence-electron chi connectivity index (χ2n) is 5.56. The average molecular weight is 256 g/mol. The first-order valence-corrected chi connectivity index (χ1v) is 7.28. The van der Waals surface area contributed by atoms with E-state index in [4.69, 9.17) is 4.74 Å². The van der Waals surface area contributed by atoms with Crippen molar-refractivity contribution in [3.05, 3.63) is 0 Å². The zero-order chi connectivity index (χ0) is 13.4. The van der Waals surface area contributed by atoms with Crippen LogP contribution in [0.5, 0.6) is 0 Å². The van der Waals surface area contributed by atoms with E-state index in [2.05, 4.69) is 26.1 Å². The molecule has 1 fully saturated rings. The van der Waals surface area contributed by atoms with Gasteiger partial charge in [-0.15, -0.1) is 0 Å². The van der Waals surface area contributed by atoms with Gasteiger partial charge >= 0.3 is 6.09 Å². The van der Waals surface area contributed by atoms with Gasteiger partial charge in [-0.25, -0.2) is 4.79 Å². The highest BCUT2D eigenvalue weighted by Crippen LogP contribution is 2.09. The maximum atomic E-state index is 12.0. The van der Waals surface area contributed by atoms with E-state index in [1.54, 1.807) is 0 Å². The van der Waals surface area contributed by atoms with Crippen molar-refractivity contribution in [3.8, 4) is 0 Å². The third-order valence-electron chi connectivity index (χ3n) is 3.18. The third-order valence-corrected chi connectivity index (χ3v) is 3.18. The molecule has 1 amide bonds. The zero-order valence-electron chi connectivity index (χ0n) is 12.1. The number of nitrogens with one attached hydrogen (secondary N) is 1. The molecule has 18 heavy (non-hydrogen) atoms. The molecule has 1 saturated heterocycles.